The second-order valence-corrected chi connectivity index (χ2v) is 10.9. The normalized spacial score (nSPS) is 16.5. The fourth-order valence-corrected chi connectivity index (χ4v) is 5.45. The second-order valence-electron chi connectivity index (χ2n) is 10.1. The number of ether oxygens (including phenoxy) is 2. The summed E-state index contributed by atoms with van der Waals surface area (Å²) in [6, 6.07) is 14.7. The van der Waals surface area contributed by atoms with E-state index in [1.807, 2.05) is 0 Å². The Bertz CT molecular complexity index is 1460. The first-order valence-corrected chi connectivity index (χ1v) is 14.0. The number of amides is 2. The average Bonchev–Trinajstić information content (AvgIpc) is 2.98. The van der Waals surface area contributed by atoms with E-state index in [-0.39, 0.29) is 34.7 Å². The number of benzene rings is 3. The average molecular weight is 622 g/mol. The maximum Gasteiger partial charge on any atom is 0.417 e. The summed E-state index contributed by atoms with van der Waals surface area (Å²) in [5.41, 5.74) is 0.867. The van der Waals surface area contributed by atoms with Gasteiger partial charge in [0.25, 0.3) is 5.91 Å². The van der Waals surface area contributed by atoms with Crippen LogP contribution in [0.5, 0.6) is 5.75 Å². The molecule has 0 spiro atoms. The van der Waals surface area contributed by atoms with Crippen molar-refractivity contribution in [1.29, 1.82) is 0 Å². The minimum atomic E-state index is -4.49. The second kappa shape index (κ2) is 12.5. The summed E-state index contributed by atoms with van der Waals surface area (Å²) in [5.74, 6) is -0.397. The predicted molar refractivity (Wildman–Crippen MR) is 154 cm³/mol. The standard InChI is InChI=1S/C30H28Cl2F3N3O4/c1-36(28(39)17-38-25-14-23(31)24(32)15-27(25)42-18-29(38)40)26(16-37-10-12-41-13-11-37)20-8-6-19(7-9-20)21-4-2-3-5-22(21)30(33,34)35/h2-9,14-15,26H,10-13,16-18H2,1H3. The third-order valence-electron chi connectivity index (χ3n) is 7.47. The molecule has 7 nitrogen and oxygen atoms in total. The number of hydrogen-bond acceptors (Lipinski definition) is 5. The maximum atomic E-state index is 13.7. The quantitative estimate of drug-likeness (QED) is 0.327. The van der Waals surface area contributed by atoms with E-state index in [4.69, 9.17) is 32.7 Å². The van der Waals surface area contributed by atoms with Gasteiger partial charge in [-0.05, 0) is 28.8 Å². The van der Waals surface area contributed by atoms with Crippen LogP contribution in [0.4, 0.5) is 18.9 Å². The van der Waals surface area contributed by atoms with E-state index in [0.717, 1.165) is 11.6 Å². The van der Waals surface area contributed by atoms with Crippen LogP contribution in [-0.4, -0.2) is 74.7 Å². The SMILES string of the molecule is CN(C(=O)CN1C(=O)COc2cc(Cl)c(Cl)cc21)C(CN1CCOCC1)c1ccc(-c2ccccc2C(F)(F)F)cc1. The predicted octanol–water partition coefficient (Wildman–Crippen LogP) is 5.94. The summed E-state index contributed by atoms with van der Waals surface area (Å²) in [6.07, 6.45) is -4.49. The van der Waals surface area contributed by atoms with Gasteiger partial charge in [0.05, 0.1) is 40.6 Å². The molecule has 2 aliphatic rings. The summed E-state index contributed by atoms with van der Waals surface area (Å²) in [5, 5.41) is 0.483. The van der Waals surface area contributed by atoms with E-state index < -0.39 is 23.7 Å². The molecule has 5 rings (SSSR count). The Labute approximate surface area is 251 Å². The molecule has 1 fully saturated rings. The molecule has 2 heterocycles. The molecule has 3 aromatic carbocycles. The Balaban J connectivity index is 1.42. The highest BCUT2D eigenvalue weighted by Crippen LogP contribution is 2.40. The van der Waals surface area contributed by atoms with Crippen molar-refractivity contribution in [2.24, 2.45) is 0 Å². The van der Waals surface area contributed by atoms with Crippen molar-refractivity contribution >= 4 is 40.7 Å². The molecule has 0 aromatic heterocycles. The van der Waals surface area contributed by atoms with Gasteiger partial charge in [-0.3, -0.25) is 19.4 Å². The molecular formula is C30H28Cl2F3N3O4. The van der Waals surface area contributed by atoms with Gasteiger partial charge >= 0.3 is 6.18 Å². The van der Waals surface area contributed by atoms with Crippen molar-refractivity contribution < 1.29 is 32.2 Å². The topological polar surface area (TPSA) is 62.3 Å². The zero-order valence-corrected chi connectivity index (χ0v) is 24.2. The molecule has 0 aliphatic carbocycles. The number of carbonyl (C=O) groups excluding carboxylic acids is 2. The largest absolute Gasteiger partial charge is 0.482 e. The Morgan fingerprint density at radius 1 is 1.02 bits per heavy atom. The molecule has 0 N–H and O–H groups in total. The van der Waals surface area contributed by atoms with Gasteiger partial charge in [-0.1, -0.05) is 65.7 Å². The molecule has 1 unspecified atom stereocenters. The van der Waals surface area contributed by atoms with Gasteiger partial charge < -0.3 is 14.4 Å². The maximum absolute atomic E-state index is 13.7. The third kappa shape index (κ3) is 6.52. The van der Waals surface area contributed by atoms with Crippen molar-refractivity contribution in [2.75, 3.05) is 57.9 Å². The Morgan fingerprint density at radius 3 is 2.38 bits per heavy atom. The van der Waals surface area contributed by atoms with Crippen LogP contribution < -0.4 is 9.64 Å². The number of nitrogens with zero attached hydrogens (tertiary/aromatic N) is 3. The van der Waals surface area contributed by atoms with Gasteiger partial charge in [0.2, 0.25) is 5.91 Å². The first-order valence-electron chi connectivity index (χ1n) is 13.3. The molecule has 3 aromatic rings. The number of anilines is 1. The number of halogens is 5. The summed E-state index contributed by atoms with van der Waals surface area (Å²) >= 11 is 12.3. The molecule has 222 valence electrons. The van der Waals surface area contributed by atoms with Crippen LogP contribution in [0.25, 0.3) is 11.1 Å². The lowest BCUT2D eigenvalue weighted by Gasteiger charge is -2.37. The fourth-order valence-electron chi connectivity index (χ4n) is 5.14. The van der Waals surface area contributed by atoms with E-state index in [2.05, 4.69) is 4.90 Å². The van der Waals surface area contributed by atoms with Crippen molar-refractivity contribution in [3.63, 3.8) is 0 Å². The number of rotatable bonds is 7. The summed E-state index contributed by atoms with van der Waals surface area (Å²) in [6.45, 7) is 2.41. The Kier molecular flexibility index (Phi) is 8.98. The van der Waals surface area contributed by atoms with Crippen molar-refractivity contribution in [2.45, 2.75) is 12.2 Å². The monoisotopic (exact) mass is 621 g/mol. The van der Waals surface area contributed by atoms with Crippen LogP contribution in [0.1, 0.15) is 17.2 Å². The number of fused-ring (bicyclic) bond motifs is 1. The summed E-state index contributed by atoms with van der Waals surface area (Å²) in [7, 11) is 1.65. The molecule has 12 heteroatoms. The van der Waals surface area contributed by atoms with Gasteiger partial charge in [0, 0.05) is 32.7 Å². The molecular weight excluding hydrogens is 594 g/mol. The zero-order valence-electron chi connectivity index (χ0n) is 22.7. The molecule has 2 aliphatic heterocycles. The highest BCUT2D eigenvalue weighted by molar-refractivity contribution is 6.42. The molecule has 0 radical (unpaired) electrons. The Hall–Kier alpha value is -3.31. The number of hydrogen-bond donors (Lipinski definition) is 0. The van der Waals surface area contributed by atoms with E-state index in [1.54, 1.807) is 42.3 Å². The number of carbonyl (C=O) groups is 2. The van der Waals surface area contributed by atoms with Crippen LogP contribution in [-0.2, 0) is 20.5 Å². The van der Waals surface area contributed by atoms with Gasteiger partial charge in [0.15, 0.2) is 6.61 Å². The van der Waals surface area contributed by atoms with E-state index in [1.165, 1.54) is 29.2 Å². The molecule has 1 saturated heterocycles. The Morgan fingerprint density at radius 2 is 1.69 bits per heavy atom. The highest BCUT2D eigenvalue weighted by Gasteiger charge is 2.34. The number of likely N-dealkylation sites (N-methyl/N-ethyl adjacent to an activating group) is 1. The summed E-state index contributed by atoms with van der Waals surface area (Å²) in [4.78, 5) is 31.5. The molecule has 0 bridgehead atoms. The van der Waals surface area contributed by atoms with Crippen molar-refractivity contribution in [3.8, 4) is 16.9 Å². The minimum absolute atomic E-state index is 0.0777. The lowest BCUT2D eigenvalue weighted by Crippen LogP contribution is -2.48. The van der Waals surface area contributed by atoms with Crippen LogP contribution in [0.15, 0.2) is 60.7 Å². The van der Waals surface area contributed by atoms with Crippen LogP contribution in [0.2, 0.25) is 10.0 Å². The lowest BCUT2D eigenvalue weighted by molar-refractivity contribution is -0.137. The summed E-state index contributed by atoms with van der Waals surface area (Å²) < 4.78 is 51.9. The van der Waals surface area contributed by atoms with Gasteiger partial charge in [-0.15, -0.1) is 0 Å². The van der Waals surface area contributed by atoms with Gasteiger partial charge in [-0.25, -0.2) is 0 Å². The van der Waals surface area contributed by atoms with Gasteiger partial charge in [0.1, 0.15) is 12.3 Å². The van der Waals surface area contributed by atoms with Gasteiger partial charge in [-0.2, -0.15) is 13.2 Å². The zero-order chi connectivity index (χ0) is 30.0. The smallest absolute Gasteiger partial charge is 0.417 e. The lowest BCUT2D eigenvalue weighted by atomic mass is 9.96. The molecule has 1 atom stereocenters. The van der Waals surface area contributed by atoms with E-state index in [9.17, 15) is 22.8 Å². The number of morpholine rings is 1. The van der Waals surface area contributed by atoms with E-state index in [0.29, 0.717) is 49.8 Å². The minimum Gasteiger partial charge on any atom is -0.482 e. The van der Waals surface area contributed by atoms with Crippen LogP contribution in [0.3, 0.4) is 0 Å². The van der Waals surface area contributed by atoms with Crippen LogP contribution in [0, 0.1) is 0 Å². The van der Waals surface area contributed by atoms with Crippen molar-refractivity contribution in [3.05, 3.63) is 81.8 Å². The fraction of sp³-hybridized carbons (Fsp3) is 0.333. The third-order valence-corrected chi connectivity index (χ3v) is 8.20. The molecule has 42 heavy (non-hydrogen) atoms. The highest BCUT2D eigenvalue weighted by atomic mass is 35.5. The first-order chi connectivity index (χ1) is 20.0. The first kappa shape index (κ1) is 30.2. The molecule has 0 saturated carbocycles. The van der Waals surface area contributed by atoms with Crippen molar-refractivity contribution in [1.82, 2.24) is 9.80 Å². The number of alkyl halides is 3. The molecule has 2 amide bonds. The van der Waals surface area contributed by atoms with E-state index >= 15 is 0 Å². The van der Waals surface area contributed by atoms with Crippen LogP contribution >= 0.6 is 23.2 Å².